The van der Waals surface area contributed by atoms with E-state index in [-0.39, 0.29) is 0 Å². The van der Waals surface area contributed by atoms with Crippen LogP contribution in [-0.4, -0.2) is 61.8 Å². The summed E-state index contributed by atoms with van der Waals surface area (Å²) in [6.07, 6.45) is 8.41. The average Bonchev–Trinajstić information content (AvgIpc) is 3.20. The smallest absolute Gasteiger partial charge is 0.190 e. The maximum absolute atomic E-state index is 5.64. The highest BCUT2D eigenvalue weighted by Gasteiger charge is 2.14. The largest absolute Gasteiger partial charge is 0.379 e. The lowest BCUT2D eigenvalue weighted by atomic mass is 10.2. The van der Waals surface area contributed by atoms with Crippen LogP contribution in [0.25, 0.3) is 0 Å². The van der Waals surface area contributed by atoms with Crippen LogP contribution in [0.5, 0.6) is 0 Å². The molecule has 2 N–H and O–H groups in total. The maximum atomic E-state index is 5.64. The van der Waals surface area contributed by atoms with Crippen molar-refractivity contribution in [2.45, 2.75) is 31.8 Å². The van der Waals surface area contributed by atoms with Crippen LogP contribution in [0.2, 0.25) is 0 Å². The molecule has 1 saturated heterocycles. The number of nitrogens with zero attached hydrogens (tertiary/aromatic N) is 3. The predicted octanol–water partition coefficient (Wildman–Crippen LogP) is 0.713. The highest BCUT2D eigenvalue weighted by molar-refractivity contribution is 5.79. The van der Waals surface area contributed by atoms with Crippen molar-refractivity contribution in [2.75, 3.05) is 40.0 Å². The van der Waals surface area contributed by atoms with Crippen molar-refractivity contribution in [2.24, 2.45) is 12.0 Å². The lowest BCUT2D eigenvalue weighted by molar-refractivity contribution is 0.0168. The highest BCUT2D eigenvalue weighted by atomic mass is 16.5. The molecule has 0 saturated carbocycles. The molecule has 1 aliphatic heterocycles. The first kappa shape index (κ1) is 17.7. The van der Waals surface area contributed by atoms with Gasteiger partial charge in [0.2, 0.25) is 0 Å². The molecule has 0 amide bonds. The summed E-state index contributed by atoms with van der Waals surface area (Å²) in [5.74, 6) is 0.827. The van der Waals surface area contributed by atoms with Crippen molar-refractivity contribution in [1.29, 1.82) is 0 Å². The summed E-state index contributed by atoms with van der Waals surface area (Å²) < 4.78 is 13.0. The van der Waals surface area contributed by atoms with E-state index in [2.05, 4.69) is 20.7 Å². The second-order valence-corrected chi connectivity index (χ2v) is 5.76. The molecule has 1 unspecified atom stereocenters. The van der Waals surface area contributed by atoms with E-state index in [1.807, 2.05) is 24.1 Å². The van der Waals surface area contributed by atoms with E-state index in [0.29, 0.717) is 6.10 Å². The molecular weight excluding hydrogens is 294 g/mol. The summed E-state index contributed by atoms with van der Waals surface area (Å²) in [4.78, 5) is 4.22. The zero-order valence-electron chi connectivity index (χ0n) is 14.3. The molecule has 0 aromatic carbocycles. The van der Waals surface area contributed by atoms with Gasteiger partial charge in [0.1, 0.15) is 0 Å². The first-order valence-electron chi connectivity index (χ1n) is 8.39. The molecule has 1 aromatic heterocycles. The number of ether oxygens (including phenoxy) is 2. The van der Waals surface area contributed by atoms with Crippen molar-refractivity contribution in [3.63, 3.8) is 0 Å². The molecule has 0 radical (unpaired) electrons. The van der Waals surface area contributed by atoms with Crippen LogP contribution in [0.1, 0.15) is 24.8 Å². The van der Waals surface area contributed by atoms with E-state index in [1.165, 1.54) is 5.56 Å². The summed E-state index contributed by atoms with van der Waals surface area (Å²) in [6.45, 7) is 4.03. The van der Waals surface area contributed by atoms with Gasteiger partial charge in [-0.15, -0.1) is 0 Å². The lowest BCUT2D eigenvalue weighted by Crippen LogP contribution is -2.39. The van der Waals surface area contributed by atoms with Gasteiger partial charge in [-0.1, -0.05) is 0 Å². The van der Waals surface area contributed by atoms with Crippen LogP contribution in [0.3, 0.4) is 0 Å². The molecule has 130 valence electrons. The molecule has 1 aromatic rings. The van der Waals surface area contributed by atoms with Crippen LogP contribution in [0.4, 0.5) is 0 Å². The van der Waals surface area contributed by atoms with E-state index in [9.17, 15) is 0 Å². The number of hydrogen-bond acceptors (Lipinski definition) is 4. The minimum Gasteiger partial charge on any atom is -0.379 e. The maximum Gasteiger partial charge on any atom is 0.190 e. The highest BCUT2D eigenvalue weighted by Crippen LogP contribution is 2.11. The molecular formula is C16H29N5O2. The Kier molecular flexibility index (Phi) is 7.89. The summed E-state index contributed by atoms with van der Waals surface area (Å²) >= 11 is 0. The Morgan fingerprint density at radius 2 is 2.35 bits per heavy atom. The Morgan fingerprint density at radius 1 is 1.48 bits per heavy atom. The Labute approximate surface area is 138 Å². The quantitative estimate of drug-likeness (QED) is 0.398. The van der Waals surface area contributed by atoms with Crippen LogP contribution >= 0.6 is 0 Å². The zero-order chi connectivity index (χ0) is 16.3. The Morgan fingerprint density at radius 3 is 3.04 bits per heavy atom. The molecule has 0 aliphatic carbocycles. The van der Waals surface area contributed by atoms with Gasteiger partial charge in [0.15, 0.2) is 5.96 Å². The van der Waals surface area contributed by atoms with E-state index < -0.39 is 0 Å². The molecule has 23 heavy (non-hydrogen) atoms. The Hall–Kier alpha value is -1.60. The number of rotatable bonds is 9. The minimum absolute atomic E-state index is 0.310. The minimum atomic E-state index is 0.310. The summed E-state index contributed by atoms with van der Waals surface area (Å²) in [5, 5.41) is 10.8. The number of nitrogens with one attached hydrogen (secondary N) is 2. The van der Waals surface area contributed by atoms with Crippen LogP contribution in [-0.2, 0) is 22.9 Å². The normalized spacial score (nSPS) is 18.3. The molecule has 1 fully saturated rings. The Balaban J connectivity index is 1.47. The van der Waals surface area contributed by atoms with E-state index in [0.717, 1.165) is 64.6 Å². The lowest BCUT2D eigenvalue weighted by Gasteiger charge is -2.12. The first-order valence-corrected chi connectivity index (χ1v) is 8.39. The second kappa shape index (κ2) is 10.2. The summed E-state index contributed by atoms with van der Waals surface area (Å²) in [5.41, 5.74) is 1.22. The topological polar surface area (TPSA) is 72.7 Å². The fraction of sp³-hybridized carbons (Fsp3) is 0.750. The fourth-order valence-electron chi connectivity index (χ4n) is 2.52. The van der Waals surface area contributed by atoms with E-state index in [4.69, 9.17) is 9.47 Å². The third kappa shape index (κ3) is 7.00. The standard InChI is InChI=1S/C16H29N5O2/c1-17-16(19-8-6-14-11-20-21(2)12-14)18-7-4-9-22-13-15-5-3-10-23-15/h11-12,15H,3-10,13H2,1-2H3,(H2,17,18,19). The zero-order valence-corrected chi connectivity index (χ0v) is 14.3. The number of aryl methyl sites for hydroxylation is 1. The van der Waals surface area contributed by atoms with Crippen LogP contribution in [0.15, 0.2) is 17.4 Å². The predicted molar refractivity (Wildman–Crippen MR) is 90.7 cm³/mol. The van der Waals surface area contributed by atoms with Gasteiger partial charge < -0.3 is 20.1 Å². The Bertz CT molecular complexity index is 469. The van der Waals surface area contributed by atoms with Gasteiger partial charge >= 0.3 is 0 Å². The molecule has 1 atom stereocenters. The van der Waals surface area contributed by atoms with Crippen molar-refractivity contribution in [1.82, 2.24) is 20.4 Å². The second-order valence-electron chi connectivity index (χ2n) is 5.76. The van der Waals surface area contributed by atoms with Gasteiger partial charge in [0.25, 0.3) is 0 Å². The van der Waals surface area contributed by atoms with Crippen molar-refractivity contribution >= 4 is 5.96 Å². The third-order valence-electron chi connectivity index (χ3n) is 3.77. The number of guanidine groups is 1. The average molecular weight is 323 g/mol. The van der Waals surface area contributed by atoms with E-state index >= 15 is 0 Å². The SMILES string of the molecule is CN=C(NCCCOCC1CCCO1)NCCc1cnn(C)c1. The number of hydrogen-bond donors (Lipinski definition) is 2. The number of aliphatic imine (C=N–C) groups is 1. The van der Waals surface area contributed by atoms with Crippen LogP contribution in [0, 0.1) is 0 Å². The van der Waals surface area contributed by atoms with Crippen LogP contribution < -0.4 is 10.6 Å². The van der Waals surface area contributed by atoms with Gasteiger partial charge in [-0.05, 0) is 31.2 Å². The van der Waals surface area contributed by atoms with Gasteiger partial charge in [0, 0.05) is 46.6 Å². The summed E-state index contributed by atoms with van der Waals surface area (Å²) in [7, 11) is 3.71. The molecule has 7 heteroatoms. The molecule has 0 bridgehead atoms. The number of aromatic nitrogens is 2. The summed E-state index contributed by atoms with van der Waals surface area (Å²) in [6, 6.07) is 0. The monoisotopic (exact) mass is 323 g/mol. The van der Waals surface area contributed by atoms with Gasteiger partial charge in [-0.2, -0.15) is 5.10 Å². The first-order chi connectivity index (χ1) is 11.3. The third-order valence-corrected chi connectivity index (χ3v) is 3.77. The van der Waals surface area contributed by atoms with E-state index in [1.54, 1.807) is 7.05 Å². The van der Waals surface area contributed by atoms with Gasteiger partial charge in [-0.25, -0.2) is 0 Å². The fourth-order valence-corrected chi connectivity index (χ4v) is 2.52. The van der Waals surface area contributed by atoms with Gasteiger partial charge in [0.05, 0.1) is 18.9 Å². The molecule has 2 heterocycles. The molecule has 1 aliphatic rings. The van der Waals surface area contributed by atoms with Crippen molar-refractivity contribution in [3.05, 3.63) is 18.0 Å². The van der Waals surface area contributed by atoms with Crippen molar-refractivity contribution < 1.29 is 9.47 Å². The molecule has 2 rings (SSSR count). The van der Waals surface area contributed by atoms with Crippen molar-refractivity contribution in [3.8, 4) is 0 Å². The van der Waals surface area contributed by atoms with Gasteiger partial charge in [-0.3, -0.25) is 9.67 Å². The molecule has 0 spiro atoms. The molecule has 7 nitrogen and oxygen atoms in total.